The average Bonchev–Trinajstić information content (AvgIpc) is 2.59. The number of esters is 1. The van der Waals surface area contributed by atoms with Crippen molar-refractivity contribution in [3.63, 3.8) is 0 Å². The number of benzene rings is 2. The van der Waals surface area contributed by atoms with Crippen molar-refractivity contribution >= 4 is 40.4 Å². The largest absolute Gasteiger partial charge is 0.452 e. The maximum Gasteiger partial charge on any atom is 0.321 e. The fourth-order valence-corrected chi connectivity index (χ4v) is 2.69. The van der Waals surface area contributed by atoms with Crippen molar-refractivity contribution < 1.29 is 19.1 Å². The molecule has 0 spiro atoms. The number of ether oxygens (including phenoxy) is 1. The second kappa shape index (κ2) is 8.35. The number of carbonyl (C=O) groups excluding carboxylic acids is 3. The summed E-state index contributed by atoms with van der Waals surface area (Å²) in [7, 11) is 1.39. The summed E-state index contributed by atoms with van der Waals surface area (Å²) in [6.45, 7) is 1.41. The van der Waals surface area contributed by atoms with E-state index in [0.29, 0.717) is 0 Å². The first-order valence-electron chi connectivity index (χ1n) is 7.33. The molecule has 0 aliphatic rings. The molecule has 126 valence electrons. The van der Waals surface area contributed by atoms with E-state index in [2.05, 4.69) is 10.6 Å². The molecule has 2 rings (SSSR count). The smallest absolute Gasteiger partial charge is 0.321 e. The molecule has 0 unspecified atom stereocenters. The number of rotatable bonds is 5. The maximum atomic E-state index is 11.8. The Balaban J connectivity index is 1.85. The number of amides is 3. The van der Waals surface area contributed by atoms with Crippen molar-refractivity contribution in [2.45, 2.75) is 17.9 Å². The molecule has 2 aromatic carbocycles. The number of nitrogens with one attached hydrogen (secondary N) is 2. The van der Waals surface area contributed by atoms with Gasteiger partial charge in [0.1, 0.15) is 0 Å². The number of imide groups is 1. The summed E-state index contributed by atoms with van der Waals surface area (Å²) in [5.41, 5.74) is 0. The minimum Gasteiger partial charge on any atom is -0.452 e. The highest BCUT2D eigenvalue weighted by molar-refractivity contribution is 8.00. The Morgan fingerprint density at radius 2 is 1.83 bits per heavy atom. The van der Waals surface area contributed by atoms with E-state index in [1.807, 2.05) is 42.5 Å². The normalized spacial score (nSPS) is 11.6. The van der Waals surface area contributed by atoms with Crippen LogP contribution in [0.25, 0.3) is 10.8 Å². The zero-order chi connectivity index (χ0) is 17.5. The van der Waals surface area contributed by atoms with Crippen molar-refractivity contribution in [2.75, 3.05) is 12.8 Å². The van der Waals surface area contributed by atoms with Gasteiger partial charge in [0.15, 0.2) is 6.10 Å². The van der Waals surface area contributed by atoms with Crippen LogP contribution in [0.15, 0.2) is 47.4 Å². The van der Waals surface area contributed by atoms with E-state index in [9.17, 15) is 14.4 Å². The van der Waals surface area contributed by atoms with Gasteiger partial charge in [0.2, 0.25) is 0 Å². The van der Waals surface area contributed by atoms with Crippen LogP contribution in [0.5, 0.6) is 0 Å². The fourth-order valence-electron chi connectivity index (χ4n) is 1.96. The highest BCUT2D eigenvalue weighted by Gasteiger charge is 2.19. The lowest BCUT2D eigenvalue weighted by molar-refractivity contribution is -0.151. The number of fused-ring (bicyclic) bond motifs is 1. The minimum atomic E-state index is -1.04. The molecular formula is C17H18N2O4S. The van der Waals surface area contributed by atoms with E-state index in [1.54, 1.807) is 0 Å². The van der Waals surface area contributed by atoms with Crippen LogP contribution in [0, 0.1) is 0 Å². The topological polar surface area (TPSA) is 84.5 Å². The number of thioether (sulfide) groups is 1. The Morgan fingerprint density at radius 3 is 2.54 bits per heavy atom. The van der Waals surface area contributed by atoms with Gasteiger partial charge < -0.3 is 10.1 Å². The maximum absolute atomic E-state index is 11.8. The summed E-state index contributed by atoms with van der Waals surface area (Å²) >= 11 is 1.33. The Bertz CT molecular complexity index is 763. The molecule has 0 aliphatic carbocycles. The molecule has 2 aromatic rings. The molecule has 1 atom stereocenters. The molecule has 0 radical (unpaired) electrons. The predicted molar refractivity (Wildman–Crippen MR) is 92.8 cm³/mol. The molecule has 0 bridgehead atoms. The van der Waals surface area contributed by atoms with E-state index in [1.165, 1.54) is 25.7 Å². The number of hydrogen-bond donors (Lipinski definition) is 2. The molecule has 0 saturated carbocycles. The van der Waals surface area contributed by atoms with Gasteiger partial charge in [-0.05, 0) is 29.8 Å². The molecular weight excluding hydrogens is 328 g/mol. The molecule has 2 N–H and O–H groups in total. The van der Waals surface area contributed by atoms with Crippen LogP contribution in [0.4, 0.5) is 4.79 Å². The number of urea groups is 1. The van der Waals surface area contributed by atoms with E-state index in [4.69, 9.17) is 4.74 Å². The lowest BCUT2D eigenvalue weighted by atomic mass is 10.1. The lowest BCUT2D eigenvalue weighted by Gasteiger charge is -2.12. The highest BCUT2D eigenvalue weighted by Crippen LogP contribution is 2.23. The molecule has 0 fully saturated rings. The van der Waals surface area contributed by atoms with Crippen molar-refractivity contribution in [3.05, 3.63) is 42.5 Å². The standard InChI is InChI=1S/C17H18N2O4S/c1-11(16(21)19-17(22)18-2)23-15(20)10-24-14-8-7-12-5-3-4-6-13(12)9-14/h3-9,11H,10H2,1-2H3,(H2,18,19,21,22)/t11-/m1/s1. The Morgan fingerprint density at radius 1 is 1.12 bits per heavy atom. The van der Waals surface area contributed by atoms with Crippen LogP contribution < -0.4 is 10.6 Å². The molecule has 24 heavy (non-hydrogen) atoms. The van der Waals surface area contributed by atoms with Crippen LogP contribution in [-0.4, -0.2) is 36.8 Å². The Labute approximate surface area is 143 Å². The van der Waals surface area contributed by atoms with Crippen LogP contribution in [0.3, 0.4) is 0 Å². The van der Waals surface area contributed by atoms with Crippen molar-refractivity contribution in [2.24, 2.45) is 0 Å². The number of hydrogen-bond acceptors (Lipinski definition) is 5. The highest BCUT2D eigenvalue weighted by atomic mass is 32.2. The monoisotopic (exact) mass is 346 g/mol. The summed E-state index contributed by atoms with van der Waals surface area (Å²) in [6.07, 6.45) is -1.04. The lowest BCUT2D eigenvalue weighted by Crippen LogP contribution is -2.43. The second-order valence-electron chi connectivity index (χ2n) is 5.00. The van der Waals surface area contributed by atoms with Gasteiger partial charge in [-0.2, -0.15) is 0 Å². The van der Waals surface area contributed by atoms with Crippen molar-refractivity contribution in [1.82, 2.24) is 10.6 Å². The summed E-state index contributed by atoms with van der Waals surface area (Å²) in [6, 6.07) is 13.2. The predicted octanol–water partition coefficient (Wildman–Crippen LogP) is 2.32. The summed E-state index contributed by atoms with van der Waals surface area (Å²) in [4.78, 5) is 35.4. The molecule has 0 saturated heterocycles. The summed E-state index contributed by atoms with van der Waals surface area (Å²) < 4.78 is 5.01. The minimum absolute atomic E-state index is 0.0793. The number of carbonyl (C=O) groups is 3. The van der Waals surface area contributed by atoms with Gasteiger partial charge in [0.25, 0.3) is 5.91 Å². The molecule has 0 heterocycles. The fraction of sp³-hybridized carbons (Fsp3) is 0.235. The van der Waals surface area contributed by atoms with Crippen molar-refractivity contribution in [3.8, 4) is 0 Å². The summed E-state index contributed by atoms with van der Waals surface area (Å²) in [5, 5.41) is 6.53. The molecule has 3 amide bonds. The molecule has 7 heteroatoms. The van der Waals surface area contributed by atoms with Gasteiger partial charge >= 0.3 is 12.0 Å². The Hall–Kier alpha value is -2.54. The Kier molecular flexibility index (Phi) is 6.20. The molecule has 0 aliphatic heterocycles. The first kappa shape index (κ1) is 17.8. The third kappa shape index (κ3) is 4.99. The van der Waals surface area contributed by atoms with E-state index < -0.39 is 24.0 Å². The van der Waals surface area contributed by atoms with E-state index in [-0.39, 0.29) is 5.75 Å². The molecule has 0 aromatic heterocycles. The zero-order valence-electron chi connectivity index (χ0n) is 13.4. The van der Waals surface area contributed by atoms with Crippen LogP contribution >= 0.6 is 11.8 Å². The van der Waals surface area contributed by atoms with Gasteiger partial charge in [0.05, 0.1) is 5.75 Å². The third-order valence-electron chi connectivity index (χ3n) is 3.22. The van der Waals surface area contributed by atoms with Crippen molar-refractivity contribution in [1.29, 1.82) is 0 Å². The first-order valence-corrected chi connectivity index (χ1v) is 8.32. The van der Waals surface area contributed by atoms with E-state index >= 15 is 0 Å². The van der Waals surface area contributed by atoms with Crippen LogP contribution in [-0.2, 0) is 14.3 Å². The van der Waals surface area contributed by atoms with Gasteiger partial charge in [-0.1, -0.05) is 30.3 Å². The molecule has 6 nitrogen and oxygen atoms in total. The van der Waals surface area contributed by atoms with Crippen LogP contribution in [0.2, 0.25) is 0 Å². The zero-order valence-corrected chi connectivity index (χ0v) is 14.2. The van der Waals surface area contributed by atoms with Gasteiger partial charge in [-0.15, -0.1) is 11.8 Å². The quantitative estimate of drug-likeness (QED) is 0.641. The van der Waals surface area contributed by atoms with Crippen LogP contribution in [0.1, 0.15) is 6.92 Å². The van der Waals surface area contributed by atoms with E-state index in [0.717, 1.165) is 15.7 Å². The summed E-state index contributed by atoms with van der Waals surface area (Å²) in [5.74, 6) is -1.11. The average molecular weight is 346 g/mol. The van der Waals surface area contributed by atoms with Gasteiger partial charge in [-0.3, -0.25) is 14.9 Å². The van der Waals surface area contributed by atoms with Gasteiger partial charge in [0, 0.05) is 11.9 Å². The third-order valence-corrected chi connectivity index (χ3v) is 4.19. The first-order chi connectivity index (χ1) is 11.5. The second-order valence-corrected chi connectivity index (χ2v) is 6.05. The SMILES string of the molecule is CNC(=O)NC(=O)[C@@H](C)OC(=O)CSc1ccc2ccccc2c1. The van der Waals surface area contributed by atoms with Gasteiger partial charge in [-0.25, -0.2) is 4.79 Å².